The highest BCUT2D eigenvalue weighted by Crippen LogP contribution is 2.23. The molecule has 2 rings (SSSR count). The highest BCUT2D eigenvalue weighted by Gasteiger charge is 2.33. The molecule has 0 aromatic heterocycles. The Morgan fingerprint density at radius 2 is 2.15 bits per heavy atom. The predicted molar refractivity (Wildman–Crippen MR) is 72.1 cm³/mol. The van der Waals surface area contributed by atoms with E-state index in [1.165, 1.54) is 24.1 Å². The fraction of sp³-hybridized carbons (Fsp3) is 0.429. The molecule has 20 heavy (non-hydrogen) atoms. The number of ether oxygens (including phenoxy) is 1. The van der Waals surface area contributed by atoms with Gasteiger partial charge in [0.15, 0.2) is 0 Å². The van der Waals surface area contributed by atoms with Crippen LogP contribution in [-0.4, -0.2) is 36.5 Å². The molecule has 0 spiro atoms. The van der Waals surface area contributed by atoms with Crippen LogP contribution in [0.3, 0.4) is 0 Å². The van der Waals surface area contributed by atoms with Crippen LogP contribution in [0.1, 0.15) is 29.6 Å². The Morgan fingerprint density at radius 1 is 1.40 bits per heavy atom. The lowest BCUT2D eigenvalue weighted by Gasteiger charge is -2.33. The van der Waals surface area contributed by atoms with E-state index in [9.17, 15) is 14.0 Å². The fourth-order valence-corrected chi connectivity index (χ4v) is 2.53. The Balaban J connectivity index is 2.25. The third kappa shape index (κ3) is 2.93. The van der Waals surface area contributed by atoms with Gasteiger partial charge in [-0.25, -0.2) is 9.18 Å². The standard InChI is InChI=1S/C14H15ClFNO3/c1-20-14(19)12-4-2-3-7-17(12)13(18)9-5-6-11(16)10(15)8-9/h5-6,8,12H,2-4,7H2,1H3. The van der Waals surface area contributed by atoms with Crippen molar-refractivity contribution in [1.82, 2.24) is 4.90 Å². The Morgan fingerprint density at radius 3 is 2.80 bits per heavy atom. The van der Waals surface area contributed by atoms with E-state index in [-0.39, 0.29) is 16.5 Å². The lowest BCUT2D eigenvalue weighted by Crippen LogP contribution is -2.48. The van der Waals surface area contributed by atoms with Crippen molar-refractivity contribution in [1.29, 1.82) is 0 Å². The number of hydrogen-bond acceptors (Lipinski definition) is 3. The highest BCUT2D eigenvalue weighted by molar-refractivity contribution is 6.31. The second-order valence-electron chi connectivity index (χ2n) is 4.66. The summed E-state index contributed by atoms with van der Waals surface area (Å²) in [5.41, 5.74) is 0.271. The average molecular weight is 300 g/mol. The summed E-state index contributed by atoms with van der Waals surface area (Å²) in [6, 6.07) is 3.21. The molecule has 1 unspecified atom stereocenters. The summed E-state index contributed by atoms with van der Waals surface area (Å²) in [5, 5.41) is -0.109. The van der Waals surface area contributed by atoms with E-state index in [4.69, 9.17) is 16.3 Å². The van der Waals surface area contributed by atoms with Gasteiger partial charge in [0.05, 0.1) is 12.1 Å². The van der Waals surface area contributed by atoms with Gasteiger partial charge in [0, 0.05) is 12.1 Å². The van der Waals surface area contributed by atoms with Crippen LogP contribution in [0.5, 0.6) is 0 Å². The third-order valence-corrected chi connectivity index (χ3v) is 3.69. The SMILES string of the molecule is COC(=O)C1CCCCN1C(=O)c1ccc(F)c(Cl)c1. The lowest BCUT2D eigenvalue weighted by molar-refractivity contribution is -0.147. The molecule has 0 saturated carbocycles. The summed E-state index contributed by atoms with van der Waals surface area (Å²) in [4.78, 5) is 25.6. The number of hydrogen-bond donors (Lipinski definition) is 0. The van der Waals surface area contributed by atoms with Gasteiger partial charge >= 0.3 is 5.97 Å². The number of amides is 1. The van der Waals surface area contributed by atoms with E-state index in [1.54, 1.807) is 0 Å². The zero-order valence-corrected chi connectivity index (χ0v) is 11.8. The topological polar surface area (TPSA) is 46.6 Å². The number of halogens is 2. The Hall–Kier alpha value is -1.62. The van der Waals surface area contributed by atoms with Gasteiger partial charge < -0.3 is 9.64 Å². The first-order valence-electron chi connectivity index (χ1n) is 6.38. The normalized spacial score (nSPS) is 18.8. The summed E-state index contributed by atoms with van der Waals surface area (Å²) < 4.78 is 17.9. The predicted octanol–water partition coefficient (Wildman–Crippen LogP) is 2.65. The van der Waals surface area contributed by atoms with Crippen LogP contribution in [-0.2, 0) is 9.53 Å². The second kappa shape index (κ2) is 6.22. The summed E-state index contributed by atoms with van der Waals surface area (Å²) >= 11 is 5.69. The van der Waals surface area contributed by atoms with E-state index >= 15 is 0 Å². The van der Waals surface area contributed by atoms with Gasteiger partial charge in [-0.15, -0.1) is 0 Å². The second-order valence-corrected chi connectivity index (χ2v) is 5.07. The van der Waals surface area contributed by atoms with Gasteiger partial charge in [0.1, 0.15) is 11.9 Å². The van der Waals surface area contributed by atoms with E-state index < -0.39 is 17.8 Å². The van der Waals surface area contributed by atoms with Crippen LogP contribution >= 0.6 is 11.6 Å². The van der Waals surface area contributed by atoms with Gasteiger partial charge in [0.25, 0.3) is 5.91 Å². The van der Waals surface area contributed by atoms with Crippen molar-refractivity contribution >= 4 is 23.5 Å². The van der Waals surface area contributed by atoms with Crippen molar-refractivity contribution in [2.45, 2.75) is 25.3 Å². The van der Waals surface area contributed by atoms with Crippen LogP contribution in [0.15, 0.2) is 18.2 Å². The summed E-state index contributed by atoms with van der Waals surface area (Å²) in [7, 11) is 1.30. The number of methoxy groups -OCH3 is 1. The first-order valence-corrected chi connectivity index (χ1v) is 6.76. The lowest BCUT2D eigenvalue weighted by atomic mass is 10.0. The highest BCUT2D eigenvalue weighted by atomic mass is 35.5. The third-order valence-electron chi connectivity index (χ3n) is 3.40. The fourth-order valence-electron chi connectivity index (χ4n) is 2.35. The molecule has 1 atom stereocenters. The van der Waals surface area contributed by atoms with E-state index in [0.717, 1.165) is 18.9 Å². The minimum Gasteiger partial charge on any atom is -0.467 e. The summed E-state index contributed by atoms with van der Waals surface area (Å²) in [6.45, 7) is 0.480. The smallest absolute Gasteiger partial charge is 0.328 e. The van der Waals surface area contributed by atoms with Gasteiger partial charge in [-0.1, -0.05) is 11.6 Å². The molecular weight excluding hydrogens is 285 g/mol. The van der Waals surface area contributed by atoms with Crippen LogP contribution in [0, 0.1) is 5.82 Å². The molecule has 1 aromatic rings. The molecule has 0 radical (unpaired) electrons. The van der Waals surface area contributed by atoms with Crippen LogP contribution in [0.4, 0.5) is 4.39 Å². The maximum Gasteiger partial charge on any atom is 0.328 e. The number of likely N-dealkylation sites (tertiary alicyclic amines) is 1. The molecule has 0 bridgehead atoms. The zero-order valence-electron chi connectivity index (χ0n) is 11.1. The van der Waals surface area contributed by atoms with Crippen LogP contribution in [0.25, 0.3) is 0 Å². The molecule has 1 saturated heterocycles. The van der Waals surface area contributed by atoms with E-state index in [1.807, 2.05) is 0 Å². The number of esters is 1. The molecule has 108 valence electrons. The van der Waals surface area contributed by atoms with Crippen molar-refractivity contribution in [2.24, 2.45) is 0 Å². The maximum atomic E-state index is 13.1. The molecule has 4 nitrogen and oxygen atoms in total. The van der Waals surface area contributed by atoms with Gasteiger partial charge in [-0.3, -0.25) is 4.79 Å². The van der Waals surface area contributed by atoms with Crippen molar-refractivity contribution in [2.75, 3.05) is 13.7 Å². The Labute approximate surface area is 121 Å². The molecule has 1 amide bonds. The number of carbonyl (C=O) groups excluding carboxylic acids is 2. The number of rotatable bonds is 2. The van der Waals surface area contributed by atoms with Crippen LogP contribution < -0.4 is 0 Å². The van der Waals surface area contributed by atoms with Crippen LogP contribution in [0.2, 0.25) is 5.02 Å². The van der Waals surface area contributed by atoms with Crippen molar-refractivity contribution in [3.63, 3.8) is 0 Å². The number of benzene rings is 1. The summed E-state index contributed by atoms with van der Waals surface area (Å²) in [6.07, 6.45) is 2.27. The molecule has 1 heterocycles. The molecule has 1 aliphatic heterocycles. The number of nitrogens with zero attached hydrogens (tertiary/aromatic N) is 1. The largest absolute Gasteiger partial charge is 0.467 e. The molecule has 1 aliphatic rings. The zero-order chi connectivity index (χ0) is 14.7. The van der Waals surface area contributed by atoms with E-state index in [0.29, 0.717) is 13.0 Å². The molecule has 6 heteroatoms. The van der Waals surface area contributed by atoms with E-state index in [2.05, 4.69) is 0 Å². The quantitative estimate of drug-likeness (QED) is 0.789. The number of carbonyl (C=O) groups is 2. The van der Waals surface area contributed by atoms with Gasteiger partial charge in [-0.05, 0) is 37.5 Å². The van der Waals surface area contributed by atoms with Gasteiger partial charge in [-0.2, -0.15) is 0 Å². The first kappa shape index (κ1) is 14.8. The Kier molecular flexibility index (Phi) is 4.60. The van der Waals surface area contributed by atoms with Crippen molar-refractivity contribution in [3.8, 4) is 0 Å². The molecule has 1 fully saturated rings. The Bertz CT molecular complexity index is 535. The molecule has 1 aromatic carbocycles. The average Bonchev–Trinajstić information content (AvgIpc) is 2.48. The van der Waals surface area contributed by atoms with Crippen molar-refractivity contribution < 1.29 is 18.7 Å². The minimum atomic E-state index is -0.579. The molecule has 0 N–H and O–H groups in total. The summed E-state index contributed by atoms with van der Waals surface area (Å²) in [5.74, 6) is -1.33. The molecule has 0 aliphatic carbocycles. The maximum absolute atomic E-state index is 13.1. The monoisotopic (exact) mass is 299 g/mol. The van der Waals surface area contributed by atoms with Crippen molar-refractivity contribution in [3.05, 3.63) is 34.6 Å². The number of piperidine rings is 1. The first-order chi connectivity index (χ1) is 9.54. The minimum absolute atomic E-state index is 0.109. The molecular formula is C14H15ClFNO3. The van der Waals surface area contributed by atoms with Gasteiger partial charge in [0.2, 0.25) is 0 Å².